The minimum Gasteiger partial charge on any atom is -0.361 e. The second-order valence-electron chi connectivity index (χ2n) is 5.94. The predicted molar refractivity (Wildman–Crippen MR) is 123 cm³/mol. The summed E-state index contributed by atoms with van der Waals surface area (Å²) in [6.07, 6.45) is 2.88. The van der Waals surface area contributed by atoms with E-state index in [9.17, 15) is 8.42 Å². The number of rotatable bonds is 9. The zero-order chi connectivity index (χ0) is 19.0. The lowest BCUT2D eigenvalue weighted by atomic mass is 10.1. The molecule has 0 fully saturated rings. The largest absolute Gasteiger partial charge is 0.361 e. The molecule has 0 spiro atoms. The maximum absolute atomic E-state index is 12.2. The van der Waals surface area contributed by atoms with Crippen molar-refractivity contribution in [2.75, 3.05) is 39.0 Å². The first-order chi connectivity index (χ1) is 12.5. The van der Waals surface area contributed by atoms with Gasteiger partial charge in [0.25, 0.3) is 0 Å². The van der Waals surface area contributed by atoms with Crippen molar-refractivity contribution in [3.63, 3.8) is 0 Å². The van der Waals surface area contributed by atoms with Crippen LogP contribution in [0.15, 0.2) is 35.5 Å². The van der Waals surface area contributed by atoms with Crippen LogP contribution in [0.5, 0.6) is 0 Å². The Labute approximate surface area is 179 Å². The molecule has 0 bridgehead atoms. The van der Waals surface area contributed by atoms with E-state index >= 15 is 0 Å². The van der Waals surface area contributed by atoms with Gasteiger partial charge in [0.15, 0.2) is 5.96 Å². The van der Waals surface area contributed by atoms with Crippen LogP contribution < -0.4 is 10.6 Å². The van der Waals surface area contributed by atoms with E-state index in [0.717, 1.165) is 11.9 Å². The number of halogens is 1. The predicted octanol–water partition coefficient (Wildman–Crippen LogP) is 2.17. The average Bonchev–Trinajstić information content (AvgIpc) is 3.04. The number of aliphatic imine (C=N–C) groups is 1. The van der Waals surface area contributed by atoms with E-state index in [1.165, 1.54) is 15.3 Å². The van der Waals surface area contributed by atoms with E-state index in [4.69, 9.17) is 0 Å². The third kappa shape index (κ3) is 6.65. The molecule has 152 valence electrons. The summed E-state index contributed by atoms with van der Waals surface area (Å²) < 4.78 is 25.8. The molecule has 0 aliphatic carbocycles. The monoisotopic (exact) mass is 507 g/mol. The molecule has 2 aromatic rings. The minimum absolute atomic E-state index is 0. The van der Waals surface area contributed by atoms with Gasteiger partial charge in [-0.2, -0.15) is 0 Å². The zero-order valence-electron chi connectivity index (χ0n) is 16.2. The number of sulfonamides is 1. The van der Waals surface area contributed by atoms with Crippen LogP contribution in [0.2, 0.25) is 0 Å². The van der Waals surface area contributed by atoms with Crippen LogP contribution in [0, 0.1) is 0 Å². The highest BCUT2D eigenvalue weighted by atomic mass is 127. The summed E-state index contributed by atoms with van der Waals surface area (Å²) in [6, 6.07) is 8.21. The van der Waals surface area contributed by atoms with Crippen LogP contribution in [0.4, 0.5) is 0 Å². The molecule has 0 radical (unpaired) electrons. The lowest BCUT2D eigenvalue weighted by Gasteiger charge is -2.19. The Morgan fingerprint density at radius 1 is 1.15 bits per heavy atom. The summed E-state index contributed by atoms with van der Waals surface area (Å²) in [5.74, 6) is 0.664. The normalized spacial score (nSPS) is 12.2. The molecule has 0 saturated heterocycles. The molecule has 0 unspecified atom stereocenters. The standard InChI is InChI=1S/C18H29N5O2S.HI/c1-4-23(5-2)26(24,25)13-12-21-18(19-3)20-11-10-15-14-22-17-9-7-6-8-16(15)17;/h6-9,14,22H,4-5,10-13H2,1-3H3,(H2,19,20,21);1H. The zero-order valence-corrected chi connectivity index (χ0v) is 19.3. The molecule has 0 saturated carbocycles. The van der Waals surface area contributed by atoms with Crippen molar-refractivity contribution in [3.05, 3.63) is 36.0 Å². The van der Waals surface area contributed by atoms with E-state index in [0.29, 0.717) is 32.1 Å². The maximum Gasteiger partial charge on any atom is 0.215 e. The Morgan fingerprint density at radius 3 is 2.48 bits per heavy atom. The summed E-state index contributed by atoms with van der Waals surface area (Å²) in [5, 5.41) is 7.53. The Kier molecular flexibility index (Phi) is 10.1. The minimum atomic E-state index is -3.22. The lowest BCUT2D eigenvalue weighted by molar-refractivity contribution is 0.445. The molecular weight excluding hydrogens is 477 g/mol. The van der Waals surface area contributed by atoms with Crippen molar-refractivity contribution in [3.8, 4) is 0 Å². The third-order valence-electron chi connectivity index (χ3n) is 4.34. The molecule has 0 atom stereocenters. The van der Waals surface area contributed by atoms with Crippen molar-refractivity contribution < 1.29 is 8.42 Å². The van der Waals surface area contributed by atoms with Crippen molar-refractivity contribution in [1.29, 1.82) is 0 Å². The Morgan fingerprint density at radius 2 is 1.81 bits per heavy atom. The first-order valence-electron chi connectivity index (χ1n) is 8.99. The summed E-state index contributed by atoms with van der Waals surface area (Å²) in [4.78, 5) is 7.42. The fourth-order valence-corrected chi connectivity index (χ4v) is 4.32. The van der Waals surface area contributed by atoms with E-state index in [1.807, 2.05) is 32.2 Å². The second kappa shape index (κ2) is 11.5. The second-order valence-corrected chi connectivity index (χ2v) is 8.02. The molecule has 9 heteroatoms. The molecule has 7 nitrogen and oxygen atoms in total. The number of hydrogen-bond acceptors (Lipinski definition) is 3. The molecular formula is C18H30IN5O2S. The highest BCUT2D eigenvalue weighted by Gasteiger charge is 2.18. The number of hydrogen-bond donors (Lipinski definition) is 3. The molecule has 1 aromatic heterocycles. The van der Waals surface area contributed by atoms with Crippen LogP contribution >= 0.6 is 24.0 Å². The van der Waals surface area contributed by atoms with Gasteiger partial charge in [0.05, 0.1) is 5.75 Å². The van der Waals surface area contributed by atoms with E-state index < -0.39 is 10.0 Å². The number of guanidine groups is 1. The number of aromatic amines is 1. The number of nitrogens with zero attached hydrogens (tertiary/aromatic N) is 2. The van der Waals surface area contributed by atoms with Gasteiger partial charge in [-0.25, -0.2) is 12.7 Å². The molecule has 0 amide bonds. The van der Waals surface area contributed by atoms with Gasteiger partial charge in [-0.05, 0) is 18.1 Å². The Bertz CT molecular complexity index is 831. The third-order valence-corrected chi connectivity index (χ3v) is 6.36. The highest BCUT2D eigenvalue weighted by Crippen LogP contribution is 2.17. The van der Waals surface area contributed by atoms with Gasteiger partial charge in [-0.3, -0.25) is 4.99 Å². The SMILES string of the molecule is CCN(CC)S(=O)(=O)CCNC(=NC)NCCc1c[nH]c2ccccc12.I. The van der Waals surface area contributed by atoms with Crippen molar-refractivity contribution in [1.82, 2.24) is 19.9 Å². The summed E-state index contributed by atoms with van der Waals surface area (Å²) in [7, 11) is -1.54. The van der Waals surface area contributed by atoms with Gasteiger partial charge in [0.1, 0.15) is 0 Å². The van der Waals surface area contributed by atoms with E-state index in [-0.39, 0.29) is 29.7 Å². The van der Waals surface area contributed by atoms with Crippen LogP contribution in [-0.2, 0) is 16.4 Å². The van der Waals surface area contributed by atoms with E-state index in [2.05, 4.69) is 32.7 Å². The lowest BCUT2D eigenvalue weighted by Crippen LogP contribution is -2.42. The van der Waals surface area contributed by atoms with Gasteiger partial charge in [0.2, 0.25) is 10.0 Å². The average molecular weight is 507 g/mol. The molecule has 0 aliphatic heterocycles. The number of fused-ring (bicyclic) bond motifs is 1. The van der Waals surface area contributed by atoms with Crippen molar-refractivity contribution in [2.45, 2.75) is 20.3 Å². The number of nitrogens with one attached hydrogen (secondary N) is 3. The smallest absolute Gasteiger partial charge is 0.215 e. The fraction of sp³-hybridized carbons (Fsp3) is 0.500. The molecule has 2 rings (SSSR count). The molecule has 27 heavy (non-hydrogen) atoms. The van der Waals surface area contributed by atoms with Crippen LogP contribution in [0.1, 0.15) is 19.4 Å². The molecule has 3 N–H and O–H groups in total. The van der Waals surface area contributed by atoms with Crippen LogP contribution in [0.3, 0.4) is 0 Å². The number of H-pyrrole nitrogens is 1. The van der Waals surface area contributed by atoms with E-state index in [1.54, 1.807) is 7.05 Å². The first-order valence-corrected chi connectivity index (χ1v) is 10.6. The van der Waals surface area contributed by atoms with Gasteiger partial charge in [-0.1, -0.05) is 32.0 Å². The summed E-state index contributed by atoms with van der Waals surface area (Å²) in [6.45, 7) is 5.72. The molecule has 0 aliphatic rings. The Hall–Kier alpha value is -1.33. The topological polar surface area (TPSA) is 89.6 Å². The van der Waals surface area contributed by atoms with Crippen molar-refractivity contribution in [2.24, 2.45) is 4.99 Å². The van der Waals surface area contributed by atoms with Gasteiger partial charge in [0, 0.05) is 50.3 Å². The van der Waals surface area contributed by atoms with Crippen LogP contribution in [0.25, 0.3) is 10.9 Å². The maximum atomic E-state index is 12.2. The number of benzene rings is 1. The van der Waals surface area contributed by atoms with Gasteiger partial charge < -0.3 is 15.6 Å². The van der Waals surface area contributed by atoms with Crippen molar-refractivity contribution >= 4 is 50.9 Å². The quantitative estimate of drug-likeness (QED) is 0.276. The highest BCUT2D eigenvalue weighted by molar-refractivity contribution is 14.0. The summed E-state index contributed by atoms with van der Waals surface area (Å²) in [5.41, 5.74) is 2.37. The number of para-hydroxylation sites is 1. The molecule has 1 heterocycles. The number of aromatic nitrogens is 1. The Balaban J connectivity index is 0.00000364. The van der Waals surface area contributed by atoms with Crippen LogP contribution in [-0.4, -0.2) is 62.6 Å². The summed E-state index contributed by atoms with van der Waals surface area (Å²) >= 11 is 0. The fourth-order valence-electron chi connectivity index (χ4n) is 2.92. The van der Waals surface area contributed by atoms with Gasteiger partial charge in [-0.15, -0.1) is 24.0 Å². The molecule has 1 aromatic carbocycles. The van der Waals surface area contributed by atoms with Gasteiger partial charge >= 0.3 is 0 Å². The first kappa shape index (κ1) is 23.7.